The first-order valence-electron chi connectivity index (χ1n) is 10.1. The fraction of sp³-hybridized carbons (Fsp3) is 0.318. The Balaban J connectivity index is 1.31. The lowest BCUT2D eigenvalue weighted by molar-refractivity contribution is -0.127. The molecule has 30 heavy (non-hydrogen) atoms. The molecule has 1 aliphatic heterocycles. The van der Waals surface area contributed by atoms with E-state index in [1.165, 1.54) is 0 Å². The molecule has 1 fully saturated rings. The molecule has 0 radical (unpaired) electrons. The first-order chi connectivity index (χ1) is 14.7. The highest BCUT2D eigenvalue weighted by atomic mass is 16.2. The monoisotopic (exact) mass is 403 g/mol. The van der Waals surface area contributed by atoms with Crippen LogP contribution in [0.4, 0.5) is 11.6 Å². The minimum absolute atomic E-state index is 0.0459. The van der Waals surface area contributed by atoms with E-state index in [2.05, 4.69) is 25.6 Å². The highest BCUT2D eigenvalue weighted by Gasteiger charge is 2.23. The van der Waals surface area contributed by atoms with Gasteiger partial charge < -0.3 is 10.2 Å². The number of aromatic nitrogens is 5. The summed E-state index contributed by atoms with van der Waals surface area (Å²) in [5.41, 5.74) is 1.86. The molecule has 0 bridgehead atoms. The van der Waals surface area contributed by atoms with Crippen LogP contribution in [0.25, 0.3) is 6.08 Å². The Labute approximate surface area is 175 Å². The van der Waals surface area contributed by atoms with Gasteiger partial charge in [0.25, 0.3) is 0 Å². The van der Waals surface area contributed by atoms with Crippen molar-refractivity contribution in [3.8, 4) is 0 Å². The summed E-state index contributed by atoms with van der Waals surface area (Å²) in [6, 6.07) is 9.57. The van der Waals surface area contributed by atoms with Gasteiger partial charge in [0.15, 0.2) is 5.82 Å². The number of pyridine rings is 1. The number of likely N-dealkylation sites (tertiary alicyclic amines) is 1. The van der Waals surface area contributed by atoms with Gasteiger partial charge in [-0.25, -0.2) is 4.98 Å². The number of rotatable bonds is 6. The Bertz CT molecular complexity index is 998. The lowest BCUT2D eigenvalue weighted by Gasteiger charge is -2.32. The molecule has 0 aromatic carbocycles. The molecule has 8 nitrogen and oxygen atoms in total. The normalized spacial score (nSPS) is 16.7. The van der Waals surface area contributed by atoms with E-state index in [0.29, 0.717) is 11.7 Å². The molecule has 3 aromatic heterocycles. The molecule has 0 spiro atoms. The van der Waals surface area contributed by atoms with E-state index in [4.69, 9.17) is 0 Å². The zero-order valence-corrected chi connectivity index (χ0v) is 17.0. The number of anilines is 2. The van der Waals surface area contributed by atoms with E-state index in [9.17, 15) is 4.79 Å². The molecule has 8 heteroatoms. The maximum Gasteiger partial charge on any atom is 0.246 e. The fourth-order valence-electron chi connectivity index (χ4n) is 3.63. The number of amides is 1. The Hall–Kier alpha value is -3.55. The van der Waals surface area contributed by atoms with Crippen LogP contribution in [0.1, 0.15) is 24.1 Å². The predicted octanol–water partition coefficient (Wildman–Crippen LogP) is 2.84. The van der Waals surface area contributed by atoms with E-state index in [1.54, 1.807) is 23.2 Å². The average molecular weight is 403 g/mol. The maximum absolute atomic E-state index is 12.6. The van der Waals surface area contributed by atoms with Crippen molar-refractivity contribution in [2.75, 3.05) is 18.4 Å². The van der Waals surface area contributed by atoms with Crippen LogP contribution in [-0.2, 0) is 18.3 Å². The molecule has 1 N–H and O–H groups in total. The summed E-state index contributed by atoms with van der Waals surface area (Å²) < 4.78 is 1.72. The quantitative estimate of drug-likeness (QED) is 0.637. The molecule has 4 heterocycles. The summed E-state index contributed by atoms with van der Waals surface area (Å²) in [6.45, 7) is 1.54. The van der Waals surface area contributed by atoms with Crippen molar-refractivity contribution >= 4 is 23.6 Å². The predicted molar refractivity (Wildman–Crippen MR) is 115 cm³/mol. The van der Waals surface area contributed by atoms with E-state index < -0.39 is 0 Å². The molecule has 1 aliphatic rings. The van der Waals surface area contributed by atoms with Crippen LogP contribution in [0.2, 0.25) is 0 Å². The van der Waals surface area contributed by atoms with Gasteiger partial charge in [0, 0.05) is 44.2 Å². The molecule has 3 aromatic rings. The lowest BCUT2D eigenvalue weighted by atomic mass is 9.93. The number of nitrogens with one attached hydrogen (secondary N) is 1. The van der Waals surface area contributed by atoms with Crippen LogP contribution < -0.4 is 5.32 Å². The molecule has 1 atom stereocenters. The molecule has 0 unspecified atom stereocenters. The molecule has 0 saturated carbocycles. The van der Waals surface area contributed by atoms with Crippen molar-refractivity contribution in [2.24, 2.45) is 13.0 Å². The summed E-state index contributed by atoms with van der Waals surface area (Å²) in [6.07, 6.45) is 11.7. The number of nitrogens with zero attached hydrogens (tertiary/aromatic N) is 6. The number of carbonyl (C=O) groups excluding carboxylic acids is 1. The largest absolute Gasteiger partial charge is 0.339 e. The van der Waals surface area contributed by atoms with Crippen LogP contribution >= 0.6 is 0 Å². The van der Waals surface area contributed by atoms with Crippen LogP contribution in [0.3, 0.4) is 0 Å². The van der Waals surface area contributed by atoms with E-state index in [-0.39, 0.29) is 5.91 Å². The van der Waals surface area contributed by atoms with Crippen LogP contribution in [0.15, 0.2) is 55.0 Å². The molecule has 1 saturated heterocycles. The van der Waals surface area contributed by atoms with Crippen LogP contribution in [0.5, 0.6) is 0 Å². The van der Waals surface area contributed by atoms with Gasteiger partial charge in [-0.15, -0.1) is 5.10 Å². The molecular formula is C22H25N7O. The lowest BCUT2D eigenvalue weighted by Crippen LogP contribution is -2.39. The highest BCUT2D eigenvalue weighted by Crippen LogP contribution is 2.21. The summed E-state index contributed by atoms with van der Waals surface area (Å²) >= 11 is 0. The summed E-state index contributed by atoms with van der Waals surface area (Å²) in [5, 5.41) is 15.9. The van der Waals surface area contributed by atoms with E-state index in [0.717, 1.165) is 49.4 Å². The van der Waals surface area contributed by atoms with E-state index in [1.807, 2.05) is 54.6 Å². The number of carbonyl (C=O) groups is 1. The van der Waals surface area contributed by atoms with Crippen LogP contribution in [0, 0.1) is 5.92 Å². The van der Waals surface area contributed by atoms with Crippen molar-refractivity contribution in [3.05, 3.63) is 66.3 Å². The number of piperidine rings is 1. The second-order valence-electron chi connectivity index (χ2n) is 7.53. The fourth-order valence-corrected chi connectivity index (χ4v) is 3.63. The minimum atomic E-state index is 0.0459. The smallest absolute Gasteiger partial charge is 0.246 e. The van der Waals surface area contributed by atoms with Gasteiger partial charge in [0.05, 0.1) is 11.9 Å². The average Bonchev–Trinajstić information content (AvgIpc) is 3.19. The number of hydrogen-bond acceptors (Lipinski definition) is 6. The zero-order valence-electron chi connectivity index (χ0n) is 17.0. The van der Waals surface area contributed by atoms with Gasteiger partial charge in [0.1, 0.15) is 5.82 Å². The third-order valence-corrected chi connectivity index (χ3v) is 5.11. The van der Waals surface area contributed by atoms with Crippen molar-refractivity contribution in [1.82, 2.24) is 29.9 Å². The third-order valence-electron chi connectivity index (χ3n) is 5.11. The topological polar surface area (TPSA) is 88.8 Å². The molecule has 154 valence electrons. The van der Waals surface area contributed by atoms with Gasteiger partial charge in [-0.3, -0.25) is 9.48 Å². The maximum atomic E-state index is 12.6. The van der Waals surface area contributed by atoms with Crippen LogP contribution in [-0.4, -0.2) is 48.9 Å². The first-order valence-corrected chi connectivity index (χ1v) is 10.1. The second-order valence-corrected chi connectivity index (χ2v) is 7.53. The molecular weight excluding hydrogens is 378 g/mol. The first kappa shape index (κ1) is 19.8. The zero-order chi connectivity index (χ0) is 20.8. The molecule has 1 amide bonds. The van der Waals surface area contributed by atoms with Gasteiger partial charge in [0.2, 0.25) is 5.91 Å². The Kier molecular flexibility index (Phi) is 6.12. The van der Waals surface area contributed by atoms with Gasteiger partial charge >= 0.3 is 0 Å². The van der Waals surface area contributed by atoms with Crippen molar-refractivity contribution in [3.63, 3.8) is 0 Å². The molecule has 0 aliphatic carbocycles. The Morgan fingerprint density at radius 2 is 2.17 bits per heavy atom. The molecule has 4 rings (SSSR count). The van der Waals surface area contributed by atoms with Gasteiger partial charge in [-0.2, -0.15) is 10.2 Å². The van der Waals surface area contributed by atoms with Gasteiger partial charge in [-0.05, 0) is 55.5 Å². The summed E-state index contributed by atoms with van der Waals surface area (Å²) in [7, 11) is 1.86. The standard InChI is InChI=1S/C22H25N7O/c1-28-15-18(14-24-28)7-10-22(30)29-12-4-5-17(16-29)13-19-8-9-21(27-26-19)25-20-6-2-3-11-23-20/h2-3,6-11,14-15,17H,4-5,12-13,16H2,1H3,(H,23,25,27)/b10-7+/t17-/m0/s1. The number of hydrogen-bond donors (Lipinski definition) is 1. The van der Waals surface area contributed by atoms with Crippen molar-refractivity contribution < 1.29 is 4.79 Å². The highest BCUT2D eigenvalue weighted by molar-refractivity contribution is 5.91. The summed E-state index contributed by atoms with van der Waals surface area (Å²) in [5.74, 6) is 1.83. The van der Waals surface area contributed by atoms with Crippen molar-refractivity contribution in [2.45, 2.75) is 19.3 Å². The second kappa shape index (κ2) is 9.30. The third kappa shape index (κ3) is 5.28. The number of aryl methyl sites for hydroxylation is 1. The SMILES string of the molecule is Cn1cc(/C=C/C(=O)N2CCC[C@@H](Cc3ccc(Nc4ccccn4)nn3)C2)cn1. The minimum Gasteiger partial charge on any atom is -0.339 e. The van der Waals surface area contributed by atoms with Gasteiger partial charge in [-0.1, -0.05) is 6.07 Å². The van der Waals surface area contributed by atoms with E-state index >= 15 is 0 Å². The Morgan fingerprint density at radius 3 is 2.90 bits per heavy atom. The summed E-state index contributed by atoms with van der Waals surface area (Å²) in [4.78, 5) is 18.7. The van der Waals surface area contributed by atoms with Crippen molar-refractivity contribution in [1.29, 1.82) is 0 Å². The Morgan fingerprint density at radius 1 is 1.23 bits per heavy atom.